The molecule has 0 aliphatic heterocycles. The molecule has 0 spiro atoms. The van der Waals surface area contributed by atoms with Crippen LogP contribution < -0.4 is 28.7 Å². The first-order valence-corrected chi connectivity index (χ1v) is 20.7. The van der Waals surface area contributed by atoms with Gasteiger partial charge in [0.25, 0.3) is 0 Å². The number of nitrogens with one attached hydrogen (secondary N) is 2. The zero-order valence-electron chi connectivity index (χ0n) is 28.6. The van der Waals surface area contributed by atoms with Crippen LogP contribution in [-0.2, 0) is 9.13 Å². The van der Waals surface area contributed by atoms with Crippen LogP contribution in [0.15, 0.2) is 182 Å². The maximum atomic E-state index is 14.3. The summed E-state index contributed by atoms with van der Waals surface area (Å²) in [4.78, 5) is 0. The molecule has 0 unspecified atom stereocenters. The highest BCUT2D eigenvalue weighted by Gasteiger charge is 2.32. The molecular weight excluding hydrogens is 690 g/mol. The number of hydrogen-bond donors (Lipinski definition) is 2. The summed E-state index contributed by atoms with van der Waals surface area (Å²) in [6, 6.07) is 55.8. The van der Waals surface area contributed by atoms with Gasteiger partial charge in [-0.05, 0) is 59.7 Å². The van der Waals surface area contributed by atoms with E-state index in [4.69, 9.17) is 18.1 Å². The van der Waals surface area contributed by atoms with Crippen molar-refractivity contribution in [3.05, 3.63) is 193 Å². The molecule has 0 saturated heterocycles. The Morgan fingerprint density at radius 3 is 0.846 bits per heavy atom. The van der Waals surface area contributed by atoms with Gasteiger partial charge < -0.3 is 28.7 Å². The van der Waals surface area contributed by atoms with Gasteiger partial charge in [-0.1, -0.05) is 133 Å². The summed E-state index contributed by atoms with van der Waals surface area (Å²) in [5, 5.41) is 7.33. The third-order valence-electron chi connectivity index (χ3n) is 8.10. The van der Waals surface area contributed by atoms with Crippen molar-refractivity contribution in [1.29, 1.82) is 0 Å². The van der Waals surface area contributed by atoms with Crippen LogP contribution in [0, 0.1) is 0 Å². The summed E-state index contributed by atoms with van der Waals surface area (Å²) in [5.74, 6) is 1.85. The van der Waals surface area contributed by atoms with Crippen LogP contribution in [0.3, 0.4) is 0 Å². The van der Waals surface area contributed by atoms with Crippen LogP contribution in [-0.4, -0.2) is 25.4 Å². The average molecular weight is 733 g/mol. The summed E-state index contributed by atoms with van der Waals surface area (Å²) in [6.07, 6.45) is 0.180. The normalized spacial score (nSPS) is 12.7. The van der Waals surface area contributed by atoms with Gasteiger partial charge in [-0.25, -0.2) is 9.13 Å². The second-order valence-corrected chi connectivity index (χ2v) is 16.0. The Hall–Kier alpha value is -5.10. The molecule has 8 nitrogen and oxygen atoms in total. The van der Waals surface area contributed by atoms with E-state index >= 15 is 0 Å². The van der Waals surface area contributed by atoms with Gasteiger partial charge >= 0.3 is 15.2 Å². The quantitative estimate of drug-likeness (QED) is 0.0795. The summed E-state index contributed by atoms with van der Waals surface area (Å²) in [6.45, 7) is 0.600. The number of para-hydroxylation sites is 4. The second-order valence-electron chi connectivity index (χ2n) is 12.0. The molecule has 52 heavy (non-hydrogen) atoms. The van der Waals surface area contributed by atoms with E-state index in [1.54, 1.807) is 48.5 Å². The van der Waals surface area contributed by atoms with Crippen LogP contribution >= 0.6 is 15.2 Å². The summed E-state index contributed by atoms with van der Waals surface area (Å²) < 4.78 is 52.9. The molecule has 0 heterocycles. The van der Waals surface area contributed by atoms with Crippen molar-refractivity contribution in [3.63, 3.8) is 0 Å². The first kappa shape index (κ1) is 36.7. The minimum Gasteiger partial charge on any atom is -0.416 e. The van der Waals surface area contributed by atoms with E-state index in [1.165, 1.54) is 0 Å². The van der Waals surface area contributed by atoms with Crippen molar-refractivity contribution in [2.24, 2.45) is 0 Å². The number of benzene rings is 6. The van der Waals surface area contributed by atoms with Gasteiger partial charge in [0.05, 0.1) is 24.4 Å². The lowest BCUT2D eigenvalue weighted by molar-refractivity contribution is 0.364. The smallest absolute Gasteiger partial charge is 0.416 e. The van der Waals surface area contributed by atoms with Crippen LogP contribution in [0.25, 0.3) is 0 Å². The predicted octanol–water partition coefficient (Wildman–Crippen LogP) is 10.4. The molecule has 2 N–H and O–H groups in total. The maximum Gasteiger partial charge on any atom is 0.431 e. The minimum atomic E-state index is -3.68. The van der Waals surface area contributed by atoms with Crippen LogP contribution in [0.5, 0.6) is 23.0 Å². The second kappa shape index (κ2) is 18.4. The molecule has 0 fully saturated rings. The molecule has 6 rings (SSSR count). The van der Waals surface area contributed by atoms with Crippen molar-refractivity contribution in [3.8, 4) is 23.0 Å². The summed E-state index contributed by atoms with van der Waals surface area (Å²) in [7, 11) is -7.35. The Kier molecular flexibility index (Phi) is 13.0. The lowest BCUT2D eigenvalue weighted by Gasteiger charge is -2.31. The standard InChI is InChI=1S/C42H42N2O6P2/c45-51(47-37-23-11-3-12-24-37,48-38-25-13-4-14-26-38)33-31-43-41(35-19-7-1-8-20-35)42(36-21-9-2-10-22-36)44-32-34-52(46,49-39-27-15-5-16-28-39)50-40-29-17-6-18-30-40/h1-30,41-44H,31-34H2/t41-,42-/m1/s1. The van der Waals surface area contributed by atoms with E-state index in [-0.39, 0.29) is 24.4 Å². The van der Waals surface area contributed by atoms with Gasteiger partial charge in [-0.3, -0.25) is 0 Å². The SMILES string of the molecule is O=P(CCN[C@H](c1ccccc1)[C@H](NCCP(=O)(Oc1ccccc1)Oc1ccccc1)c1ccccc1)(Oc1ccccc1)Oc1ccccc1. The minimum absolute atomic E-state index is 0.0899. The van der Waals surface area contributed by atoms with E-state index in [0.717, 1.165) is 11.1 Å². The van der Waals surface area contributed by atoms with Crippen molar-refractivity contribution in [2.45, 2.75) is 12.1 Å². The van der Waals surface area contributed by atoms with Gasteiger partial charge in [-0.15, -0.1) is 0 Å². The molecular formula is C42H42N2O6P2. The zero-order chi connectivity index (χ0) is 35.9. The van der Waals surface area contributed by atoms with Crippen LogP contribution in [0.2, 0.25) is 0 Å². The van der Waals surface area contributed by atoms with Crippen LogP contribution in [0.4, 0.5) is 0 Å². The highest BCUT2D eigenvalue weighted by Crippen LogP contribution is 2.49. The molecule has 0 aromatic heterocycles. The Morgan fingerprint density at radius 1 is 0.365 bits per heavy atom. The topological polar surface area (TPSA) is 95.1 Å². The Labute approximate surface area is 305 Å². The largest absolute Gasteiger partial charge is 0.431 e. The molecule has 0 aliphatic rings. The third kappa shape index (κ3) is 10.9. The van der Waals surface area contributed by atoms with Gasteiger partial charge in [0.1, 0.15) is 23.0 Å². The fraction of sp³-hybridized carbons (Fsp3) is 0.143. The lowest BCUT2D eigenvalue weighted by atomic mass is 9.93. The Balaban J connectivity index is 1.23. The average Bonchev–Trinajstić information content (AvgIpc) is 3.18. The molecule has 0 saturated carbocycles. The highest BCUT2D eigenvalue weighted by atomic mass is 31.2. The van der Waals surface area contributed by atoms with Gasteiger partial charge in [0.15, 0.2) is 0 Å². The number of hydrogen-bond acceptors (Lipinski definition) is 8. The van der Waals surface area contributed by atoms with E-state index in [0.29, 0.717) is 36.1 Å². The highest BCUT2D eigenvalue weighted by molar-refractivity contribution is 7.55. The molecule has 0 amide bonds. The van der Waals surface area contributed by atoms with Crippen molar-refractivity contribution in [1.82, 2.24) is 10.6 Å². The summed E-state index contributed by atoms with van der Waals surface area (Å²) in [5.41, 5.74) is 2.02. The molecule has 0 aliphatic carbocycles. The number of rotatable bonds is 19. The first-order chi connectivity index (χ1) is 25.5. The fourth-order valence-corrected chi connectivity index (χ4v) is 8.70. The third-order valence-corrected chi connectivity index (χ3v) is 11.6. The van der Waals surface area contributed by atoms with E-state index in [1.807, 2.05) is 109 Å². The maximum absolute atomic E-state index is 14.3. The molecule has 266 valence electrons. The Morgan fingerprint density at radius 2 is 0.596 bits per heavy atom. The van der Waals surface area contributed by atoms with Crippen molar-refractivity contribution in [2.75, 3.05) is 25.4 Å². The van der Waals surface area contributed by atoms with Gasteiger partial charge in [0.2, 0.25) is 0 Å². The molecule has 6 aromatic carbocycles. The van der Waals surface area contributed by atoms with Crippen LogP contribution in [0.1, 0.15) is 23.2 Å². The zero-order valence-corrected chi connectivity index (χ0v) is 30.4. The molecule has 6 aromatic rings. The monoisotopic (exact) mass is 732 g/mol. The predicted molar refractivity (Wildman–Crippen MR) is 208 cm³/mol. The van der Waals surface area contributed by atoms with E-state index in [2.05, 4.69) is 34.9 Å². The van der Waals surface area contributed by atoms with E-state index in [9.17, 15) is 9.13 Å². The fourth-order valence-electron chi connectivity index (χ4n) is 5.68. The van der Waals surface area contributed by atoms with Gasteiger partial charge in [-0.2, -0.15) is 0 Å². The summed E-state index contributed by atoms with van der Waals surface area (Å²) >= 11 is 0. The van der Waals surface area contributed by atoms with Gasteiger partial charge in [0, 0.05) is 13.1 Å². The molecule has 2 atom stereocenters. The lowest BCUT2D eigenvalue weighted by Crippen LogP contribution is -2.38. The molecule has 0 radical (unpaired) electrons. The Bertz CT molecular complexity index is 1770. The van der Waals surface area contributed by atoms with Crippen molar-refractivity contribution < 1.29 is 27.2 Å². The molecule has 10 heteroatoms. The first-order valence-electron chi connectivity index (χ1n) is 17.2. The van der Waals surface area contributed by atoms with Crippen molar-refractivity contribution >= 4 is 15.2 Å². The van der Waals surface area contributed by atoms with E-state index < -0.39 is 15.2 Å². The molecule has 0 bridgehead atoms.